The number of carbonyl (C=O) groups excluding carboxylic acids is 1. The zero-order valence-corrected chi connectivity index (χ0v) is 22.1. The summed E-state index contributed by atoms with van der Waals surface area (Å²) in [4.78, 5) is 23.8. The molecule has 5 nitrogen and oxygen atoms in total. The average molecular weight is 504 g/mol. The zero-order chi connectivity index (χ0) is 27.0. The van der Waals surface area contributed by atoms with Gasteiger partial charge in [0.2, 0.25) is 5.88 Å². The van der Waals surface area contributed by atoms with Crippen LogP contribution in [0.5, 0.6) is 5.88 Å². The molecule has 0 radical (unpaired) electrons. The summed E-state index contributed by atoms with van der Waals surface area (Å²) in [5.41, 5.74) is 3.63. The molecule has 1 aromatic carbocycles. The minimum Gasteiger partial charge on any atom is -0.475 e. The maximum absolute atomic E-state index is 13.7. The van der Waals surface area contributed by atoms with Gasteiger partial charge >= 0.3 is 6.18 Å². The lowest BCUT2D eigenvalue weighted by Gasteiger charge is -2.29. The minimum absolute atomic E-state index is 0.0309. The number of pyridine rings is 1. The van der Waals surface area contributed by atoms with Crippen molar-refractivity contribution >= 4 is 17.2 Å². The number of hydrogen-bond acceptors (Lipinski definition) is 4. The molecule has 0 aliphatic carbocycles. The highest BCUT2D eigenvalue weighted by Gasteiger charge is 2.31. The molecule has 0 aliphatic heterocycles. The first-order chi connectivity index (χ1) is 16.9. The van der Waals surface area contributed by atoms with Crippen LogP contribution in [0.15, 0.2) is 47.6 Å². The molecule has 0 saturated carbocycles. The quantitative estimate of drug-likeness (QED) is 0.328. The van der Waals surface area contributed by atoms with E-state index in [9.17, 15) is 18.0 Å². The lowest BCUT2D eigenvalue weighted by molar-refractivity contribution is -0.137. The van der Waals surface area contributed by atoms with Gasteiger partial charge in [0, 0.05) is 30.1 Å². The van der Waals surface area contributed by atoms with Crippen LogP contribution in [0.3, 0.4) is 0 Å². The minimum atomic E-state index is -4.46. The van der Waals surface area contributed by atoms with Gasteiger partial charge in [0.15, 0.2) is 0 Å². The van der Waals surface area contributed by atoms with Gasteiger partial charge < -0.3 is 9.64 Å². The summed E-state index contributed by atoms with van der Waals surface area (Å²) in [7, 11) is 0. The fraction of sp³-hybridized carbons (Fsp3) is 0.464. The number of aromatic nitrogens is 1. The first-order valence-corrected chi connectivity index (χ1v) is 12.1. The van der Waals surface area contributed by atoms with Crippen LogP contribution < -0.4 is 4.74 Å². The van der Waals surface area contributed by atoms with Crippen molar-refractivity contribution in [3.63, 3.8) is 0 Å². The standard InChI is InChI=1S/C28H36F3N3O2/c1-8-23(33-18(3)4)15-20(6)26-19(5)11-10-12-24(26)27(35)34(9-2)21(7)17-36-25-14-13-22(16-32-25)28(29,30)31/h10-16,21,23H,8-9,17H2,1-7H3/b20-15+/t21-,23-/m0/s1. The lowest BCUT2D eigenvalue weighted by atomic mass is 9.93. The Morgan fingerprint density at radius 3 is 2.39 bits per heavy atom. The van der Waals surface area contributed by atoms with E-state index in [-0.39, 0.29) is 30.5 Å². The number of likely N-dealkylation sites (N-methyl/N-ethyl adjacent to an activating group) is 1. The van der Waals surface area contributed by atoms with Crippen molar-refractivity contribution in [1.82, 2.24) is 9.88 Å². The highest BCUT2D eigenvalue weighted by Crippen LogP contribution is 2.29. The Kier molecular flexibility index (Phi) is 10.3. The summed E-state index contributed by atoms with van der Waals surface area (Å²) >= 11 is 0. The topological polar surface area (TPSA) is 54.8 Å². The van der Waals surface area contributed by atoms with Crippen molar-refractivity contribution in [3.05, 3.63) is 64.9 Å². The van der Waals surface area contributed by atoms with E-state index < -0.39 is 11.7 Å². The second-order valence-corrected chi connectivity index (χ2v) is 9.03. The number of allylic oxidation sites excluding steroid dienone is 1. The third-order valence-corrected chi connectivity index (χ3v) is 5.85. The van der Waals surface area contributed by atoms with Gasteiger partial charge in [-0.3, -0.25) is 9.79 Å². The maximum atomic E-state index is 13.7. The van der Waals surface area contributed by atoms with Gasteiger partial charge in [-0.1, -0.05) is 25.1 Å². The molecule has 0 saturated heterocycles. The number of amides is 1. The number of rotatable bonds is 10. The SMILES string of the molecule is CC[C@@H](/C=C(\C)c1c(C)cccc1C(=O)N(CC)[C@@H](C)COc1ccc(C(F)(F)F)cn1)N=C(C)C. The van der Waals surface area contributed by atoms with Gasteiger partial charge in [-0.2, -0.15) is 13.2 Å². The normalized spacial score (nSPS) is 13.7. The van der Waals surface area contributed by atoms with Crippen molar-refractivity contribution in [2.75, 3.05) is 13.2 Å². The smallest absolute Gasteiger partial charge is 0.417 e. The number of hydrogen-bond donors (Lipinski definition) is 0. The Labute approximate surface area is 212 Å². The fourth-order valence-electron chi connectivity index (χ4n) is 4.06. The second-order valence-electron chi connectivity index (χ2n) is 9.03. The first-order valence-electron chi connectivity index (χ1n) is 12.1. The number of aliphatic imine (C=N–C) groups is 1. The predicted octanol–water partition coefficient (Wildman–Crippen LogP) is 7.00. The van der Waals surface area contributed by atoms with Gasteiger partial charge in [-0.15, -0.1) is 0 Å². The zero-order valence-electron chi connectivity index (χ0n) is 22.1. The number of alkyl halides is 3. The molecular weight excluding hydrogens is 467 g/mol. The summed E-state index contributed by atoms with van der Waals surface area (Å²) in [6, 6.07) is 7.49. The summed E-state index contributed by atoms with van der Waals surface area (Å²) in [6.07, 6.45) is -0.762. The van der Waals surface area contributed by atoms with Gasteiger partial charge in [0.25, 0.3) is 5.91 Å². The summed E-state index contributed by atoms with van der Waals surface area (Å²) in [6.45, 7) is 14.3. The Bertz CT molecular complexity index is 1090. The van der Waals surface area contributed by atoms with E-state index in [4.69, 9.17) is 4.74 Å². The Balaban J connectivity index is 2.26. The molecule has 0 spiro atoms. The van der Waals surface area contributed by atoms with E-state index in [2.05, 4.69) is 23.0 Å². The van der Waals surface area contributed by atoms with Crippen LogP contribution in [0.25, 0.3) is 5.57 Å². The molecular formula is C28H36F3N3O2. The molecule has 1 aromatic heterocycles. The average Bonchev–Trinajstić information content (AvgIpc) is 2.81. The predicted molar refractivity (Wildman–Crippen MR) is 139 cm³/mol. The van der Waals surface area contributed by atoms with Crippen molar-refractivity contribution in [2.24, 2.45) is 4.99 Å². The highest BCUT2D eigenvalue weighted by molar-refractivity contribution is 6.00. The molecule has 8 heteroatoms. The molecule has 1 amide bonds. The van der Waals surface area contributed by atoms with Crippen LogP contribution in [0.2, 0.25) is 0 Å². The molecule has 2 rings (SSSR count). The molecule has 0 unspecified atom stereocenters. The van der Waals surface area contributed by atoms with Gasteiger partial charge in [0.05, 0.1) is 17.6 Å². The molecule has 0 N–H and O–H groups in total. The van der Waals surface area contributed by atoms with E-state index in [1.807, 2.05) is 59.7 Å². The molecule has 0 fully saturated rings. The number of benzene rings is 1. The molecule has 0 bridgehead atoms. The third-order valence-electron chi connectivity index (χ3n) is 5.85. The Morgan fingerprint density at radius 2 is 1.86 bits per heavy atom. The van der Waals surface area contributed by atoms with Gasteiger partial charge in [-0.25, -0.2) is 4.98 Å². The molecule has 36 heavy (non-hydrogen) atoms. The van der Waals surface area contributed by atoms with E-state index in [0.29, 0.717) is 12.1 Å². The van der Waals surface area contributed by atoms with Crippen LogP contribution in [0.4, 0.5) is 13.2 Å². The fourth-order valence-corrected chi connectivity index (χ4v) is 4.06. The first kappa shape index (κ1) is 29.1. The van der Waals surface area contributed by atoms with Crippen LogP contribution in [-0.4, -0.2) is 46.7 Å². The molecule has 2 atom stereocenters. The summed E-state index contributed by atoms with van der Waals surface area (Å²) < 4.78 is 43.9. The monoisotopic (exact) mass is 503 g/mol. The van der Waals surface area contributed by atoms with E-state index in [1.54, 1.807) is 4.90 Å². The third kappa shape index (κ3) is 7.67. The number of ether oxygens (including phenoxy) is 1. The van der Waals surface area contributed by atoms with Gasteiger partial charge in [-0.05, 0) is 76.8 Å². The van der Waals surface area contributed by atoms with E-state index in [0.717, 1.165) is 41.1 Å². The van der Waals surface area contributed by atoms with Crippen LogP contribution >= 0.6 is 0 Å². The Morgan fingerprint density at radius 1 is 1.17 bits per heavy atom. The van der Waals surface area contributed by atoms with Crippen LogP contribution in [-0.2, 0) is 6.18 Å². The van der Waals surface area contributed by atoms with Crippen LogP contribution in [0.1, 0.15) is 75.0 Å². The molecule has 2 aromatic rings. The van der Waals surface area contributed by atoms with Crippen molar-refractivity contribution in [3.8, 4) is 5.88 Å². The van der Waals surface area contributed by atoms with Crippen molar-refractivity contribution in [1.29, 1.82) is 0 Å². The largest absolute Gasteiger partial charge is 0.475 e. The lowest BCUT2D eigenvalue weighted by Crippen LogP contribution is -2.42. The molecule has 0 aliphatic rings. The van der Waals surface area contributed by atoms with Gasteiger partial charge in [0.1, 0.15) is 6.61 Å². The van der Waals surface area contributed by atoms with E-state index >= 15 is 0 Å². The maximum Gasteiger partial charge on any atom is 0.417 e. The van der Waals surface area contributed by atoms with Crippen molar-refractivity contribution < 1.29 is 22.7 Å². The number of nitrogens with zero attached hydrogens (tertiary/aromatic N) is 3. The number of halogens is 3. The molecule has 196 valence electrons. The summed E-state index contributed by atoms with van der Waals surface area (Å²) in [5, 5.41) is 0. The highest BCUT2D eigenvalue weighted by atomic mass is 19.4. The second kappa shape index (κ2) is 12.7. The number of aryl methyl sites for hydroxylation is 1. The van der Waals surface area contributed by atoms with Crippen molar-refractivity contribution in [2.45, 2.75) is 73.1 Å². The van der Waals surface area contributed by atoms with E-state index in [1.165, 1.54) is 6.07 Å². The Hall–Kier alpha value is -3.16. The molecule has 1 heterocycles. The van der Waals surface area contributed by atoms with Crippen LogP contribution in [0, 0.1) is 6.92 Å². The number of carbonyl (C=O) groups is 1. The summed E-state index contributed by atoms with van der Waals surface area (Å²) in [5.74, 6) is -0.0607.